The molecule has 3 N–H and O–H groups in total. The van der Waals surface area contributed by atoms with Crippen molar-refractivity contribution < 1.29 is 9.18 Å². The summed E-state index contributed by atoms with van der Waals surface area (Å²) in [5.74, 6) is 0.185. The van der Waals surface area contributed by atoms with Gasteiger partial charge < -0.3 is 11.1 Å². The summed E-state index contributed by atoms with van der Waals surface area (Å²) in [5.41, 5.74) is 6.06. The van der Waals surface area contributed by atoms with Crippen LogP contribution in [0.1, 0.15) is 26.2 Å². The Balaban J connectivity index is 1.84. The van der Waals surface area contributed by atoms with Crippen LogP contribution in [0, 0.1) is 11.7 Å². The lowest BCUT2D eigenvalue weighted by Gasteiger charge is -2.31. The first-order valence-corrected chi connectivity index (χ1v) is 7.15. The predicted octanol–water partition coefficient (Wildman–Crippen LogP) is 2.47. The number of benzene rings is 1. The summed E-state index contributed by atoms with van der Waals surface area (Å²) in [7, 11) is 0. The molecule has 0 unspecified atom stereocenters. The summed E-state index contributed by atoms with van der Waals surface area (Å²) in [5, 5.41) is 2.76. The second-order valence-electron chi connectivity index (χ2n) is 5.41. The third-order valence-corrected chi connectivity index (χ3v) is 3.84. The highest BCUT2D eigenvalue weighted by Gasteiger charge is 2.21. The molecule has 1 amide bonds. The molecule has 0 spiro atoms. The van der Waals surface area contributed by atoms with Crippen LogP contribution in [0.4, 0.5) is 15.8 Å². The number of nitrogens with one attached hydrogen (secondary N) is 1. The fraction of sp³-hybridized carbons (Fsp3) is 0.533. The Morgan fingerprint density at radius 2 is 2.25 bits per heavy atom. The number of nitrogen functional groups attached to an aromatic ring is 1. The summed E-state index contributed by atoms with van der Waals surface area (Å²) in [6.07, 6.45) is 3.85. The van der Waals surface area contributed by atoms with Crippen molar-refractivity contribution in [3.05, 3.63) is 24.0 Å². The van der Waals surface area contributed by atoms with E-state index in [2.05, 4.69) is 17.1 Å². The lowest BCUT2D eigenvalue weighted by atomic mass is 9.85. The van der Waals surface area contributed by atoms with E-state index in [-0.39, 0.29) is 11.6 Å². The highest BCUT2D eigenvalue weighted by molar-refractivity contribution is 5.92. The number of carbonyl (C=O) groups excluding carboxylic acids is 1. The van der Waals surface area contributed by atoms with E-state index < -0.39 is 5.82 Å². The van der Waals surface area contributed by atoms with Gasteiger partial charge in [-0.15, -0.1) is 0 Å². The third kappa shape index (κ3) is 3.93. The topological polar surface area (TPSA) is 58.4 Å². The molecule has 4 nitrogen and oxygen atoms in total. The van der Waals surface area contributed by atoms with Gasteiger partial charge in [-0.1, -0.05) is 13.3 Å². The average molecular weight is 279 g/mol. The monoisotopic (exact) mass is 279 g/mol. The maximum Gasteiger partial charge on any atom is 0.238 e. The molecule has 5 heteroatoms. The number of amides is 1. The number of hydrogen-bond donors (Lipinski definition) is 2. The van der Waals surface area contributed by atoms with E-state index in [1.807, 2.05) is 0 Å². The van der Waals surface area contributed by atoms with Crippen LogP contribution in [0.25, 0.3) is 0 Å². The summed E-state index contributed by atoms with van der Waals surface area (Å²) in [6.45, 7) is 4.26. The van der Waals surface area contributed by atoms with Gasteiger partial charge in [-0.05, 0) is 43.5 Å². The highest BCUT2D eigenvalue weighted by Crippen LogP contribution is 2.27. The minimum absolute atomic E-state index is 0.0459. The van der Waals surface area contributed by atoms with E-state index in [1.165, 1.54) is 37.5 Å². The van der Waals surface area contributed by atoms with Gasteiger partial charge >= 0.3 is 0 Å². The summed E-state index contributed by atoms with van der Waals surface area (Å²) in [4.78, 5) is 14.1. The number of anilines is 2. The molecule has 0 heterocycles. The molecule has 0 aromatic heterocycles. The van der Waals surface area contributed by atoms with Gasteiger partial charge in [-0.2, -0.15) is 0 Å². The van der Waals surface area contributed by atoms with E-state index in [0.29, 0.717) is 12.2 Å². The van der Waals surface area contributed by atoms with Gasteiger partial charge in [0.05, 0.1) is 12.2 Å². The normalized spacial score (nSPS) is 15.2. The number of nitrogens with zero attached hydrogens (tertiary/aromatic N) is 1. The lowest BCUT2D eigenvalue weighted by molar-refractivity contribution is -0.117. The second kappa shape index (κ2) is 6.70. The Morgan fingerprint density at radius 1 is 1.50 bits per heavy atom. The van der Waals surface area contributed by atoms with Crippen molar-refractivity contribution >= 4 is 17.3 Å². The first kappa shape index (κ1) is 14.8. The zero-order valence-corrected chi connectivity index (χ0v) is 11.9. The smallest absolute Gasteiger partial charge is 0.238 e. The van der Waals surface area contributed by atoms with Crippen LogP contribution in [0.5, 0.6) is 0 Å². The fourth-order valence-electron chi connectivity index (χ4n) is 2.37. The Hall–Kier alpha value is -1.62. The van der Waals surface area contributed by atoms with Crippen molar-refractivity contribution in [3.8, 4) is 0 Å². The minimum Gasteiger partial charge on any atom is -0.396 e. The quantitative estimate of drug-likeness (QED) is 0.786. The Labute approximate surface area is 119 Å². The van der Waals surface area contributed by atoms with Gasteiger partial charge in [0, 0.05) is 12.2 Å². The second-order valence-corrected chi connectivity index (χ2v) is 5.41. The Morgan fingerprint density at radius 3 is 2.80 bits per heavy atom. The zero-order chi connectivity index (χ0) is 14.5. The molecule has 0 aliphatic heterocycles. The fourth-order valence-corrected chi connectivity index (χ4v) is 2.37. The molecule has 1 aromatic carbocycles. The molecule has 20 heavy (non-hydrogen) atoms. The van der Waals surface area contributed by atoms with Crippen LogP contribution in [0.3, 0.4) is 0 Å². The van der Waals surface area contributed by atoms with Crippen LogP contribution in [0.2, 0.25) is 0 Å². The molecule has 0 bridgehead atoms. The predicted molar refractivity (Wildman–Crippen MR) is 78.9 cm³/mol. The molecule has 110 valence electrons. The lowest BCUT2D eigenvalue weighted by Crippen LogP contribution is -2.38. The SMILES string of the molecule is CCN(CC(=O)Nc1ccc(F)c(N)c1)CC1CCC1. The molecule has 1 saturated carbocycles. The van der Waals surface area contributed by atoms with E-state index in [1.54, 1.807) is 0 Å². The van der Waals surface area contributed by atoms with Gasteiger partial charge in [-0.3, -0.25) is 9.69 Å². The molecule has 2 rings (SSSR count). The molecule has 1 aromatic rings. The van der Waals surface area contributed by atoms with Crippen LogP contribution in [-0.4, -0.2) is 30.4 Å². The van der Waals surface area contributed by atoms with Crippen molar-refractivity contribution in [1.82, 2.24) is 4.90 Å². The molecule has 0 radical (unpaired) electrons. The molecule has 0 saturated heterocycles. The van der Waals surface area contributed by atoms with Gasteiger partial charge in [-0.25, -0.2) is 4.39 Å². The molecular formula is C15H22FN3O. The molecule has 1 fully saturated rings. The number of halogens is 1. The van der Waals surface area contributed by atoms with Crippen molar-refractivity contribution in [2.45, 2.75) is 26.2 Å². The third-order valence-electron chi connectivity index (χ3n) is 3.84. The van der Waals surface area contributed by atoms with E-state index in [4.69, 9.17) is 5.73 Å². The molecule has 0 atom stereocenters. The van der Waals surface area contributed by atoms with Crippen molar-refractivity contribution in [1.29, 1.82) is 0 Å². The van der Waals surface area contributed by atoms with E-state index in [0.717, 1.165) is 19.0 Å². The standard InChI is InChI=1S/C15H22FN3O/c1-2-19(9-11-4-3-5-11)10-15(20)18-12-6-7-13(16)14(17)8-12/h6-8,11H,2-5,9-10,17H2,1H3,(H,18,20). The summed E-state index contributed by atoms with van der Waals surface area (Å²) >= 11 is 0. The number of hydrogen-bond acceptors (Lipinski definition) is 3. The molecule has 1 aliphatic rings. The minimum atomic E-state index is -0.469. The van der Waals surface area contributed by atoms with Gasteiger partial charge in [0.2, 0.25) is 5.91 Å². The Bertz CT molecular complexity index is 474. The van der Waals surface area contributed by atoms with Crippen LogP contribution >= 0.6 is 0 Å². The van der Waals surface area contributed by atoms with E-state index >= 15 is 0 Å². The highest BCUT2D eigenvalue weighted by atomic mass is 19.1. The number of rotatable bonds is 6. The summed E-state index contributed by atoms with van der Waals surface area (Å²) < 4.78 is 13.0. The van der Waals surface area contributed by atoms with Crippen LogP contribution in [0.15, 0.2) is 18.2 Å². The number of likely N-dealkylation sites (N-methyl/N-ethyl adjacent to an activating group) is 1. The molecular weight excluding hydrogens is 257 g/mol. The first-order valence-electron chi connectivity index (χ1n) is 7.15. The summed E-state index contributed by atoms with van der Waals surface area (Å²) in [6, 6.07) is 4.22. The first-order chi connectivity index (χ1) is 9.58. The van der Waals surface area contributed by atoms with Crippen molar-refractivity contribution in [3.63, 3.8) is 0 Å². The maximum atomic E-state index is 13.0. The van der Waals surface area contributed by atoms with Crippen LogP contribution < -0.4 is 11.1 Å². The maximum absolute atomic E-state index is 13.0. The van der Waals surface area contributed by atoms with Gasteiger partial charge in [0.25, 0.3) is 0 Å². The van der Waals surface area contributed by atoms with Crippen molar-refractivity contribution in [2.24, 2.45) is 5.92 Å². The van der Waals surface area contributed by atoms with E-state index in [9.17, 15) is 9.18 Å². The van der Waals surface area contributed by atoms with Crippen molar-refractivity contribution in [2.75, 3.05) is 30.7 Å². The largest absolute Gasteiger partial charge is 0.396 e. The zero-order valence-electron chi connectivity index (χ0n) is 11.9. The Kier molecular flexibility index (Phi) is 4.95. The molecule has 1 aliphatic carbocycles. The number of nitrogens with two attached hydrogens (primary N) is 1. The average Bonchev–Trinajstić information content (AvgIpc) is 2.36. The number of carbonyl (C=O) groups is 1. The van der Waals surface area contributed by atoms with Crippen LogP contribution in [-0.2, 0) is 4.79 Å². The van der Waals surface area contributed by atoms with Gasteiger partial charge in [0.15, 0.2) is 0 Å². The van der Waals surface area contributed by atoms with Gasteiger partial charge in [0.1, 0.15) is 5.82 Å².